The molecule has 1 aliphatic heterocycles. The summed E-state index contributed by atoms with van der Waals surface area (Å²) >= 11 is 5.66. The maximum Gasteiger partial charge on any atom is 0.293 e. The zero-order chi connectivity index (χ0) is 21.6. The van der Waals surface area contributed by atoms with Crippen molar-refractivity contribution in [1.82, 2.24) is 19.6 Å². The number of hydrogen-bond acceptors (Lipinski definition) is 6. The van der Waals surface area contributed by atoms with Crippen LogP contribution in [0.1, 0.15) is 23.1 Å². The summed E-state index contributed by atoms with van der Waals surface area (Å²) in [5, 5.41) is 12.9. The van der Waals surface area contributed by atoms with Gasteiger partial charge in [0.25, 0.3) is 5.91 Å². The van der Waals surface area contributed by atoms with Crippen LogP contribution in [0.2, 0.25) is 5.02 Å². The van der Waals surface area contributed by atoms with E-state index in [0.717, 1.165) is 12.1 Å². The molecule has 0 radical (unpaired) electrons. The first kappa shape index (κ1) is 20.9. The molecule has 1 aromatic heterocycles. The van der Waals surface area contributed by atoms with Crippen LogP contribution in [0, 0.1) is 17.0 Å². The summed E-state index contributed by atoms with van der Waals surface area (Å²) in [4.78, 5) is 19.7. The lowest BCUT2D eigenvalue weighted by atomic mass is 9.92. The maximum absolute atomic E-state index is 14.5. The van der Waals surface area contributed by atoms with Crippen molar-refractivity contribution in [3.63, 3.8) is 0 Å². The highest BCUT2D eigenvalue weighted by atomic mass is 35.5. The molecule has 13 heteroatoms. The van der Waals surface area contributed by atoms with Gasteiger partial charge in [0.1, 0.15) is 0 Å². The summed E-state index contributed by atoms with van der Waals surface area (Å²) in [6.45, 7) is 1.32. The number of nitrogens with one attached hydrogen (secondary N) is 3. The van der Waals surface area contributed by atoms with Crippen molar-refractivity contribution in [3.05, 3.63) is 52.6 Å². The minimum atomic E-state index is -3.94. The second kappa shape index (κ2) is 7.19. The normalized spacial score (nSPS) is 20.9. The highest BCUT2D eigenvalue weighted by Crippen LogP contribution is 2.32. The largest absolute Gasteiger partial charge is 0.345 e. The Balaban J connectivity index is 1.99. The molecule has 0 unspecified atom stereocenters. The number of benzene rings is 1. The van der Waals surface area contributed by atoms with Gasteiger partial charge >= 0.3 is 0 Å². The van der Waals surface area contributed by atoms with E-state index < -0.39 is 44.8 Å². The molecule has 1 saturated heterocycles. The summed E-state index contributed by atoms with van der Waals surface area (Å²) in [5.41, 5.74) is -2.16. The number of carbonyl (C=O) groups is 1. The number of carbonyl (C=O) groups excluding carboxylic acids is 1. The van der Waals surface area contributed by atoms with Crippen LogP contribution in [-0.2, 0) is 15.6 Å². The van der Waals surface area contributed by atoms with Crippen LogP contribution in [0.15, 0.2) is 24.5 Å². The number of hydrogen-bond donors (Lipinski definition) is 3. The number of halogens is 3. The zero-order valence-electron chi connectivity index (χ0n) is 15.1. The van der Waals surface area contributed by atoms with Gasteiger partial charge in [0.15, 0.2) is 11.6 Å². The lowest BCUT2D eigenvalue weighted by Crippen LogP contribution is -2.61. The average molecular weight is 445 g/mol. The molecule has 1 fully saturated rings. The Kier molecular flexibility index (Phi) is 5.17. The van der Waals surface area contributed by atoms with Gasteiger partial charge in [0, 0.05) is 36.8 Å². The summed E-state index contributed by atoms with van der Waals surface area (Å²) < 4.78 is 54.0. The summed E-state index contributed by atoms with van der Waals surface area (Å²) in [6, 6.07) is 1.83. The van der Waals surface area contributed by atoms with Crippen molar-refractivity contribution in [2.75, 3.05) is 18.1 Å². The minimum Gasteiger partial charge on any atom is -0.345 e. The summed E-state index contributed by atoms with van der Waals surface area (Å²) in [5.74, 6) is -4.79. The third kappa shape index (κ3) is 3.98. The van der Waals surface area contributed by atoms with Gasteiger partial charge in [-0.1, -0.05) is 11.6 Å². The number of sulfonamides is 1. The Morgan fingerprint density at radius 3 is 2.55 bits per heavy atom. The molecule has 1 atom stereocenters. The van der Waals surface area contributed by atoms with Crippen molar-refractivity contribution >= 4 is 39.2 Å². The van der Waals surface area contributed by atoms with E-state index in [2.05, 4.69) is 20.6 Å². The fraction of sp³-hybridized carbons (Fsp3) is 0.250. The molecule has 29 heavy (non-hydrogen) atoms. The maximum atomic E-state index is 14.5. The van der Waals surface area contributed by atoms with E-state index in [4.69, 9.17) is 17.0 Å². The number of anilines is 1. The van der Waals surface area contributed by atoms with Gasteiger partial charge in [-0.2, -0.15) is 0 Å². The standard InChI is InChI=1S/C16H15ClF2N6O3S/c1-16(7-29(27,28)25(2)15(20)24-16)10-3-9(4-11(18)12(10)19)23-14(26)13-21-5-8(17)6-22-13/h3-6H,7H2,1-2H3,(H2,20,24)(H,23,26)/t16-/m0/s1. The highest BCUT2D eigenvalue weighted by molar-refractivity contribution is 7.89. The van der Waals surface area contributed by atoms with Crippen LogP contribution in [0.25, 0.3) is 0 Å². The fourth-order valence-electron chi connectivity index (χ4n) is 2.80. The van der Waals surface area contributed by atoms with Gasteiger partial charge in [-0.25, -0.2) is 31.5 Å². The Labute approximate surface area is 169 Å². The van der Waals surface area contributed by atoms with Crippen molar-refractivity contribution in [3.8, 4) is 0 Å². The predicted molar refractivity (Wildman–Crippen MR) is 101 cm³/mol. The molecule has 1 amide bonds. The minimum absolute atomic E-state index is 0.145. The lowest BCUT2D eigenvalue weighted by molar-refractivity contribution is 0.101. The summed E-state index contributed by atoms with van der Waals surface area (Å²) in [7, 11) is -2.77. The number of guanidine groups is 1. The second-order valence-corrected chi connectivity index (χ2v) is 8.96. The Morgan fingerprint density at radius 2 is 1.97 bits per heavy atom. The van der Waals surface area contributed by atoms with Crippen molar-refractivity contribution in [1.29, 1.82) is 5.41 Å². The Morgan fingerprint density at radius 1 is 1.34 bits per heavy atom. The number of aromatic nitrogens is 2. The summed E-state index contributed by atoms with van der Waals surface area (Å²) in [6.07, 6.45) is 2.39. The third-order valence-electron chi connectivity index (χ3n) is 4.30. The van der Waals surface area contributed by atoms with Crippen LogP contribution >= 0.6 is 11.6 Å². The van der Waals surface area contributed by atoms with E-state index in [0.29, 0.717) is 4.31 Å². The van der Waals surface area contributed by atoms with Gasteiger partial charge < -0.3 is 10.6 Å². The topological polar surface area (TPSA) is 128 Å². The molecule has 0 saturated carbocycles. The van der Waals surface area contributed by atoms with Gasteiger partial charge in [0.2, 0.25) is 21.8 Å². The van der Waals surface area contributed by atoms with Crippen LogP contribution < -0.4 is 10.6 Å². The number of nitrogens with zero attached hydrogens (tertiary/aromatic N) is 3. The molecule has 1 aromatic carbocycles. The van der Waals surface area contributed by atoms with Crippen LogP contribution in [0.4, 0.5) is 14.5 Å². The number of rotatable bonds is 3. The molecule has 2 heterocycles. The molecule has 0 spiro atoms. The molecule has 0 bridgehead atoms. The first-order valence-corrected chi connectivity index (χ1v) is 10.0. The Hall–Kier alpha value is -2.86. The molecule has 1 aliphatic rings. The first-order chi connectivity index (χ1) is 13.4. The first-order valence-electron chi connectivity index (χ1n) is 8.05. The number of amides is 1. The molecule has 3 N–H and O–H groups in total. The molecule has 3 rings (SSSR count). The molecular formula is C16H15ClF2N6O3S. The predicted octanol–water partition coefficient (Wildman–Crippen LogP) is 1.68. The third-order valence-corrected chi connectivity index (χ3v) is 6.46. The van der Waals surface area contributed by atoms with Gasteiger partial charge in [-0.3, -0.25) is 10.2 Å². The molecule has 2 aromatic rings. The zero-order valence-corrected chi connectivity index (χ0v) is 16.7. The highest BCUT2D eigenvalue weighted by Gasteiger charge is 2.44. The van der Waals surface area contributed by atoms with Gasteiger partial charge in [-0.05, 0) is 13.0 Å². The van der Waals surface area contributed by atoms with Crippen LogP contribution in [0.5, 0.6) is 0 Å². The monoisotopic (exact) mass is 444 g/mol. The van der Waals surface area contributed by atoms with E-state index >= 15 is 0 Å². The fourth-order valence-corrected chi connectivity index (χ4v) is 4.37. The Bertz CT molecular complexity index is 1110. The van der Waals surface area contributed by atoms with E-state index in [1.165, 1.54) is 26.4 Å². The van der Waals surface area contributed by atoms with Crippen molar-refractivity contribution in [2.45, 2.75) is 12.5 Å². The quantitative estimate of drug-likeness (QED) is 0.660. The van der Waals surface area contributed by atoms with E-state index in [-0.39, 0.29) is 22.1 Å². The molecule has 154 valence electrons. The lowest BCUT2D eigenvalue weighted by Gasteiger charge is -2.40. The van der Waals surface area contributed by atoms with Crippen molar-refractivity contribution in [2.24, 2.45) is 0 Å². The van der Waals surface area contributed by atoms with E-state index in [1.54, 1.807) is 0 Å². The SMILES string of the molecule is CN1C(=N)N[C@](C)(c2cc(NC(=O)c3ncc(Cl)cn3)cc(F)c2F)CS1(=O)=O. The smallest absolute Gasteiger partial charge is 0.293 e. The van der Waals surface area contributed by atoms with E-state index in [1.807, 2.05) is 0 Å². The molecular weight excluding hydrogens is 430 g/mol. The van der Waals surface area contributed by atoms with Gasteiger partial charge in [-0.15, -0.1) is 0 Å². The van der Waals surface area contributed by atoms with Crippen LogP contribution in [0.3, 0.4) is 0 Å². The van der Waals surface area contributed by atoms with Gasteiger partial charge in [0.05, 0.1) is 16.3 Å². The molecule has 0 aliphatic carbocycles. The molecule has 9 nitrogen and oxygen atoms in total. The second-order valence-electron chi connectivity index (χ2n) is 6.53. The average Bonchev–Trinajstić information content (AvgIpc) is 2.62. The van der Waals surface area contributed by atoms with E-state index in [9.17, 15) is 22.0 Å². The van der Waals surface area contributed by atoms with Crippen molar-refractivity contribution < 1.29 is 22.0 Å². The van der Waals surface area contributed by atoms with Crippen LogP contribution in [-0.4, -0.2) is 47.4 Å².